The maximum absolute atomic E-state index is 13.9. The van der Waals surface area contributed by atoms with Gasteiger partial charge in [-0.25, -0.2) is 8.42 Å². The molecule has 208 valence electrons. The van der Waals surface area contributed by atoms with Gasteiger partial charge in [-0.1, -0.05) is 59.1 Å². The first-order valence-corrected chi connectivity index (χ1v) is 14.5. The van der Waals surface area contributed by atoms with E-state index in [0.29, 0.717) is 5.02 Å². The van der Waals surface area contributed by atoms with Crippen molar-refractivity contribution in [1.29, 1.82) is 0 Å². The number of aryl methyl sites for hydroxylation is 2. The quantitative estimate of drug-likeness (QED) is 0.369. The minimum atomic E-state index is -4.12. The Balaban J connectivity index is 2.03. The Kier molecular flexibility index (Phi) is 9.46. The fraction of sp³-hybridized carbons (Fsp3) is 0.333. The van der Waals surface area contributed by atoms with E-state index in [0.717, 1.165) is 21.0 Å². The van der Waals surface area contributed by atoms with Crippen LogP contribution >= 0.6 is 11.6 Å². The van der Waals surface area contributed by atoms with E-state index in [4.69, 9.17) is 11.6 Å². The highest BCUT2D eigenvalue weighted by atomic mass is 35.5. The molecule has 0 aliphatic carbocycles. The highest BCUT2D eigenvalue weighted by Gasteiger charge is 2.33. The highest BCUT2D eigenvalue weighted by molar-refractivity contribution is 7.92. The maximum atomic E-state index is 13.9. The van der Waals surface area contributed by atoms with Crippen LogP contribution in [-0.2, 0) is 26.2 Å². The number of benzene rings is 3. The van der Waals surface area contributed by atoms with E-state index < -0.39 is 34.1 Å². The number of amides is 2. The number of rotatable bonds is 9. The lowest BCUT2D eigenvalue weighted by Gasteiger charge is -2.33. The van der Waals surface area contributed by atoms with Crippen LogP contribution < -0.4 is 9.62 Å². The number of sulfonamides is 1. The molecular weight excluding hydrogens is 534 g/mol. The van der Waals surface area contributed by atoms with Crippen molar-refractivity contribution < 1.29 is 18.0 Å². The number of carbonyl (C=O) groups excluding carboxylic acids is 2. The van der Waals surface area contributed by atoms with Gasteiger partial charge in [0.2, 0.25) is 11.8 Å². The number of hydrogen-bond donors (Lipinski definition) is 1. The molecule has 0 spiro atoms. The second-order valence-corrected chi connectivity index (χ2v) is 13.0. The first kappa shape index (κ1) is 30.2. The van der Waals surface area contributed by atoms with Gasteiger partial charge in [0.05, 0.1) is 10.6 Å². The van der Waals surface area contributed by atoms with Gasteiger partial charge in [0, 0.05) is 17.1 Å². The minimum Gasteiger partial charge on any atom is -0.350 e. The van der Waals surface area contributed by atoms with Gasteiger partial charge in [0.25, 0.3) is 10.0 Å². The molecule has 0 fully saturated rings. The van der Waals surface area contributed by atoms with Crippen LogP contribution in [0.15, 0.2) is 77.7 Å². The van der Waals surface area contributed by atoms with Gasteiger partial charge in [-0.15, -0.1) is 0 Å². The van der Waals surface area contributed by atoms with E-state index in [1.165, 1.54) is 17.0 Å². The second-order valence-electron chi connectivity index (χ2n) is 10.7. The van der Waals surface area contributed by atoms with Crippen LogP contribution in [0.4, 0.5) is 5.69 Å². The number of nitrogens with zero attached hydrogens (tertiary/aromatic N) is 2. The molecule has 0 radical (unpaired) electrons. The van der Waals surface area contributed by atoms with Gasteiger partial charge >= 0.3 is 0 Å². The summed E-state index contributed by atoms with van der Waals surface area (Å²) in [4.78, 5) is 28.6. The van der Waals surface area contributed by atoms with Crippen LogP contribution in [-0.4, -0.2) is 43.3 Å². The largest absolute Gasteiger partial charge is 0.350 e. The summed E-state index contributed by atoms with van der Waals surface area (Å²) in [5, 5.41) is 3.36. The average molecular weight is 570 g/mol. The summed E-state index contributed by atoms with van der Waals surface area (Å²) >= 11 is 6.07. The van der Waals surface area contributed by atoms with Crippen molar-refractivity contribution in [1.82, 2.24) is 10.2 Å². The summed E-state index contributed by atoms with van der Waals surface area (Å²) in [7, 11) is -4.12. The van der Waals surface area contributed by atoms with Crippen molar-refractivity contribution in [2.45, 2.75) is 64.6 Å². The van der Waals surface area contributed by atoms with Crippen LogP contribution in [0.3, 0.4) is 0 Å². The number of hydrogen-bond acceptors (Lipinski definition) is 4. The number of carbonyl (C=O) groups is 2. The maximum Gasteiger partial charge on any atom is 0.264 e. The third-order valence-electron chi connectivity index (χ3n) is 6.10. The molecule has 2 amide bonds. The summed E-state index contributed by atoms with van der Waals surface area (Å²) in [6.07, 6.45) is 0. The normalized spacial score (nSPS) is 12.5. The molecule has 0 saturated carbocycles. The van der Waals surface area contributed by atoms with E-state index in [1.54, 1.807) is 43.3 Å². The van der Waals surface area contributed by atoms with Gasteiger partial charge in [-0.05, 0) is 83.5 Å². The van der Waals surface area contributed by atoms with Crippen molar-refractivity contribution in [2.75, 3.05) is 10.8 Å². The molecular formula is C30H36ClN3O4S. The van der Waals surface area contributed by atoms with Crippen molar-refractivity contribution >= 4 is 39.1 Å². The van der Waals surface area contributed by atoms with Crippen molar-refractivity contribution in [3.63, 3.8) is 0 Å². The van der Waals surface area contributed by atoms with Crippen LogP contribution in [0.1, 0.15) is 44.4 Å². The zero-order chi connectivity index (χ0) is 29.0. The van der Waals surface area contributed by atoms with Crippen molar-refractivity contribution in [2.24, 2.45) is 0 Å². The number of anilines is 1. The highest BCUT2D eigenvalue weighted by Crippen LogP contribution is 2.26. The molecule has 0 unspecified atom stereocenters. The topological polar surface area (TPSA) is 86.8 Å². The van der Waals surface area contributed by atoms with Gasteiger partial charge < -0.3 is 10.2 Å². The molecule has 0 bridgehead atoms. The molecule has 0 aliphatic heterocycles. The monoisotopic (exact) mass is 569 g/mol. The van der Waals surface area contributed by atoms with Crippen LogP contribution in [0.2, 0.25) is 5.02 Å². The first-order valence-electron chi connectivity index (χ1n) is 12.7. The van der Waals surface area contributed by atoms with E-state index in [9.17, 15) is 18.0 Å². The van der Waals surface area contributed by atoms with E-state index in [2.05, 4.69) is 5.32 Å². The molecule has 3 rings (SSSR count). The number of nitrogens with one attached hydrogen (secondary N) is 1. The van der Waals surface area contributed by atoms with Gasteiger partial charge in [0.1, 0.15) is 12.6 Å². The fourth-order valence-corrected chi connectivity index (χ4v) is 5.58. The van der Waals surface area contributed by atoms with Gasteiger partial charge in [-0.3, -0.25) is 13.9 Å². The molecule has 3 aromatic rings. The van der Waals surface area contributed by atoms with Crippen molar-refractivity contribution in [3.8, 4) is 0 Å². The predicted molar refractivity (Wildman–Crippen MR) is 156 cm³/mol. The average Bonchev–Trinajstić information content (AvgIpc) is 2.85. The summed E-state index contributed by atoms with van der Waals surface area (Å²) in [5.74, 6) is -0.846. The van der Waals surface area contributed by atoms with Crippen molar-refractivity contribution in [3.05, 3.63) is 94.5 Å². The van der Waals surface area contributed by atoms with Crippen LogP contribution in [0, 0.1) is 13.8 Å². The summed E-state index contributed by atoms with van der Waals surface area (Å²) in [6.45, 7) is 10.7. The molecule has 0 heterocycles. The summed E-state index contributed by atoms with van der Waals surface area (Å²) in [5.41, 5.74) is 2.53. The number of halogens is 1. The molecule has 39 heavy (non-hydrogen) atoms. The molecule has 3 aromatic carbocycles. The Hall–Kier alpha value is -3.36. The van der Waals surface area contributed by atoms with Crippen LogP contribution in [0.5, 0.6) is 0 Å². The molecule has 0 saturated heterocycles. The Morgan fingerprint density at radius 2 is 1.54 bits per heavy atom. The van der Waals surface area contributed by atoms with E-state index in [1.807, 2.05) is 58.9 Å². The van der Waals surface area contributed by atoms with Gasteiger partial charge in [0.15, 0.2) is 0 Å². The zero-order valence-electron chi connectivity index (χ0n) is 23.2. The fourth-order valence-electron chi connectivity index (χ4n) is 4.04. The SMILES string of the molecule is Cc1ccc(S(=O)(=O)N(CC(=O)N(Cc2cccc(C)c2)[C@@H](C)C(=O)NC(C)(C)C)c2ccc(Cl)cc2)cc1. The molecule has 0 aromatic heterocycles. The Bertz CT molecular complexity index is 1420. The summed E-state index contributed by atoms with van der Waals surface area (Å²) in [6, 6.07) is 19.5. The molecule has 7 nitrogen and oxygen atoms in total. The minimum absolute atomic E-state index is 0.0552. The van der Waals surface area contributed by atoms with E-state index >= 15 is 0 Å². The smallest absolute Gasteiger partial charge is 0.264 e. The second kappa shape index (κ2) is 12.2. The third kappa shape index (κ3) is 8.07. The van der Waals surface area contributed by atoms with Gasteiger partial charge in [-0.2, -0.15) is 0 Å². The first-order chi connectivity index (χ1) is 18.2. The van der Waals surface area contributed by atoms with E-state index in [-0.39, 0.29) is 23.0 Å². The zero-order valence-corrected chi connectivity index (χ0v) is 24.8. The predicted octanol–water partition coefficient (Wildman–Crippen LogP) is 5.48. The molecule has 0 aliphatic rings. The molecule has 1 atom stereocenters. The molecule has 1 N–H and O–H groups in total. The summed E-state index contributed by atoms with van der Waals surface area (Å²) < 4.78 is 28.7. The Morgan fingerprint density at radius 3 is 2.10 bits per heavy atom. The Morgan fingerprint density at radius 1 is 0.923 bits per heavy atom. The lowest BCUT2D eigenvalue weighted by atomic mass is 10.1. The Labute approximate surface area is 236 Å². The standard InChI is InChI=1S/C30H36ClN3O4S/c1-21-10-16-27(17-11-21)39(37,38)34(26-14-12-25(31)13-15-26)20-28(35)33(19-24-9-7-8-22(2)18-24)23(3)29(36)32-30(4,5)6/h7-18,23H,19-20H2,1-6H3,(H,32,36)/t23-/m0/s1. The third-order valence-corrected chi connectivity index (χ3v) is 8.14. The lowest BCUT2D eigenvalue weighted by Crippen LogP contribution is -2.54. The molecule has 9 heteroatoms. The van der Waals surface area contributed by atoms with Crippen LogP contribution in [0.25, 0.3) is 0 Å². The lowest BCUT2D eigenvalue weighted by molar-refractivity contribution is -0.140.